The zero-order valence-corrected chi connectivity index (χ0v) is 23.5. The lowest BCUT2D eigenvalue weighted by atomic mass is 9.84. The predicted molar refractivity (Wildman–Crippen MR) is 135 cm³/mol. The lowest BCUT2D eigenvalue weighted by Crippen LogP contribution is -2.63. The summed E-state index contributed by atoms with van der Waals surface area (Å²) in [4.78, 5) is 0. The third kappa shape index (κ3) is 7.38. The molecule has 4 heterocycles. The zero-order valence-electron chi connectivity index (χ0n) is 23.5. The maximum absolute atomic E-state index is 11.0. The van der Waals surface area contributed by atoms with E-state index < -0.39 is 106 Å². The third-order valence-corrected chi connectivity index (χ3v) is 8.69. The fourth-order valence-electron chi connectivity index (χ4n) is 5.78. The van der Waals surface area contributed by atoms with Crippen LogP contribution in [0.3, 0.4) is 0 Å². The van der Waals surface area contributed by atoms with Crippen molar-refractivity contribution in [2.45, 2.75) is 120 Å². The minimum Gasteiger partial charge on any atom is -0.394 e. The Morgan fingerprint density at radius 3 is 1.85 bits per heavy atom. The van der Waals surface area contributed by atoms with Crippen molar-refractivity contribution in [2.75, 3.05) is 26.4 Å². The summed E-state index contributed by atoms with van der Waals surface area (Å²) in [5.74, 6) is -0.949. The van der Waals surface area contributed by atoms with Crippen molar-refractivity contribution in [3.63, 3.8) is 0 Å². The van der Waals surface area contributed by atoms with Crippen molar-refractivity contribution in [3.05, 3.63) is 0 Å². The fourth-order valence-corrected chi connectivity index (χ4v) is 5.78. The topological polar surface area (TPSA) is 226 Å². The van der Waals surface area contributed by atoms with Gasteiger partial charge in [-0.2, -0.15) is 0 Å². The van der Waals surface area contributed by atoms with E-state index >= 15 is 0 Å². The van der Waals surface area contributed by atoms with Crippen LogP contribution in [0.5, 0.6) is 0 Å². The van der Waals surface area contributed by atoms with E-state index in [1.165, 1.54) is 0 Å². The van der Waals surface area contributed by atoms with E-state index in [0.29, 0.717) is 6.42 Å². The molecule has 0 spiro atoms. The van der Waals surface area contributed by atoms with Gasteiger partial charge in [0.05, 0.1) is 44.7 Å². The Morgan fingerprint density at radius 2 is 1.22 bits per heavy atom. The van der Waals surface area contributed by atoms with Gasteiger partial charge in [-0.05, 0) is 12.3 Å². The second-order valence-electron chi connectivity index (χ2n) is 11.6. The van der Waals surface area contributed by atoms with Crippen molar-refractivity contribution < 1.29 is 74.0 Å². The van der Waals surface area contributed by atoms with Gasteiger partial charge in [0.15, 0.2) is 25.2 Å². The summed E-state index contributed by atoms with van der Waals surface area (Å²) in [6, 6.07) is 0. The summed E-state index contributed by atoms with van der Waals surface area (Å²) >= 11 is 0. The lowest BCUT2D eigenvalue weighted by Gasteiger charge is -2.48. The standard InChI is InChI=1S/C26H46O15/c1-10-4-14(15(6-27)37-24(10)40-18-9-35-19(31)5-13(18)30)36-26-22(34)21(33)23(17(8-29)39-26)41-25-12(3)11(2)20(32)16(7-28)38-25/h10-34H,4-9H2,1-3H3/t10-,11-,12-,13-,14+,15-,16-,17-,18-,19?,20+,21-,22-,23-,24-,25+,26-/m0/s1. The molecule has 4 aliphatic rings. The van der Waals surface area contributed by atoms with Gasteiger partial charge in [-0.1, -0.05) is 20.8 Å². The molecule has 15 nitrogen and oxygen atoms in total. The molecular weight excluding hydrogens is 552 g/mol. The minimum atomic E-state index is -1.61. The van der Waals surface area contributed by atoms with E-state index in [0.717, 1.165) is 0 Å². The average Bonchev–Trinajstić information content (AvgIpc) is 2.95. The molecule has 0 bridgehead atoms. The Kier molecular flexibility index (Phi) is 11.7. The number of aliphatic hydroxyl groups is 8. The van der Waals surface area contributed by atoms with E-state index in [1.807, 2.05) is 6.92 Å². The Morgan fingerprint density at radius 1 is 0.610 bits per heavy atom. The number of hydrogen-bond donors (Lipinski definition) is 8. The third-order valence-electron chi connectivity index (χ3n) is 8.69. The first-order valence-corrected chi connectivity index (χ1v) is 14.3. The highest BCUT2D eigenvalue weighted by molar-refractivity contribution is 4.94. The van der Waals surface area contributed by atoms with Crippen molar-refractivity contribution in [1.82, 2.24) is 0 Å². The molecule has 0 aromatic rings. The van der Waals surface area contributed by atoms with Gasteiger partial charge in [-0.25, -0.2) is 0 Å². The monoisotopic (exact) mass is 598 g/mol. The maximum atomic E-state index is 11.0. The molecule has 4 rings (SSSR count). The molecule has 4 saturated heterocycles. The smallest absolute Gasteiger partial charge is 0.187 e. The Bertz CT molecular complexity index is 803. The van der Waals surface area contributed by atoms with E-state index in [1.54, 1.807) is 13.8 Å². The summed E-state index contributed by atoms with van der Waals surface area (Å²) in [6.45, 7) is 3.84. The van der Waals surface area contributed by atoms with E-state index in [-0.39, 0.29) is 30.8 Å². The number of rotatable bonds is 9. The van der Waals surface area contributed by atoms with Gasteiger partial charge < -0.3 is 74.0 Å². The Balaban J connectivity index is 1.37. The highest BCUT2D eigenvalue weighted by atomic mass is 16.8. The molecule has 4 aliphatic heterocycles. The molecule has 0 radical (unpaired) electrons. The van der Waals surface area contributed by atoms with Crippen molar-refractivity contribution >= 4 is 0 Å². The van der Waals surface area contributed by atoms with Gasteiger partial charge in [0.1, 0.15) is 42.7 Å². The molecule has 0 aliphatic carbocycles. The van der Waals surface area contributed by atoms with Crippen LogP contribution in [0.1, 0.15) is 33.6 Å². The summed E-state index contributed by atoms with van der Waals surface area (Å²) in [7, 11) is 0. The molecule has 8 N–H and O–H groups in total. The molecule has 15 heteroatoms. The summed E-state index contributed by atoms with van der Waals surface area (Å²) in [5.41, 5.74) is 0. The zero-order chi connectivity index (χ0) is 30.0. The predicted octanol–water partition coefficient (Wildman–Crippen LogP) is -3.23. The molecular formula is C26H46O15. The lowest BCUT2D eigenvalue weighted by molar-refractivity contribution is -0.366. The van der Waals surface area contributed by atoms with Gasteiger partial charge in [-0.3, -0.25) is 0 Å². The number of ether oxygens (including phenoxy) is 7. The highest BCUT2D eigenvalue weighted by Crippen LogP contribution is 2.36. The van der Waals surface area contributed by atoms with Crippen LogP contribution in [-0.2, 0) is 33.2 Å². The Labute approximate surface area is 238 Å². The van der Waals surface area contributed by atoms with Crippen molar-refractivity contribution in [2.24, 2.45) is 17.8 Å². The van der Waals surface area contributed by atoms with Crippen LogP contribution < -0.4 is 0 Å². The fraction of sp³-hybridized carbons (Fsp3) is 1.00. The van der Waals surface area contributed by atoms with Gasteiger partial charge in [0.2, 0.25) is 0 Å². The summed E-state index contributed by atoms with van der Waals surface area (Å²) in [6.07, 6.45) is -14.7. The average molecular weight is 599 g/mol. The summed E-state index contributed by atoms with van der Waals surface area (Å²) in [5, 5.41) is 81.6. The second-order valence-corrected chi connectivity index (χ2v) is 11.6. The maximum Gasteiger partial charge on any atom is 0.187 e. The molecule has 240 valence electrons. The second kappa shape index (κ2) is 14.5. The van der Waals surface area contributed by atoms with E-state index in [4.69, 9.17) is 33.2 Å². The SMILES string of the molecule is C[C@@H]1[C@@H](O[C@@H]2[C@@H](O)[C@H](O)[C@@H](O[C@@H]3C[C@H](C)[C@H](O[C@H]4COC(O)C[C@@H]4O)O[C@H]3CO)O[C@H]2CO)O[C@@H](CO)[C@H](O)[C@H]1C. The quantitative estimate of drug-likeness (QED) is 0.131. The van der Waals surface area contributed by atoms with Gasteiger partial charge >= 0.3 is 0 Å². The molecule has 0 aromatic carbocycles. The van der Waals surface area contributed by atoms with Gasteiger partial charge in [-0.15, -0.1) is 0 Å². The van der Waals surface area contributed by atoms with Crippen molar-refractivity contribution in [3.8, 4) is 0 Å². The Hall–Kier alpha value is -0.600. The summed E-state index contributed by atoms with van der Waals surface area (Å²) < 4.78 is 40.4. The first-order valence-electron chi connectivity index (χ1n) is 14.3. The number of hydrogen-bond acceptors (Lipinski definition) is 15. The van der Waals surface area contributed by atoms with Crippen LogP contribution in [0.15, 0.2) is 0 Å². The highest BCUT2D eigenvalue weighted by Gasteiger charge is 2.51. The molecule has 17 atom stereocenters. The molecule has 0 aromatic heterocycles. The molecule has 0 saturated carbocycles. The van der Waals surface area contributed by atoms with Crippen molar-refractivity contribution in [1.29, 1.82) is 0 Å². The van der Waals surface area contributed by atoms with Crippen LogP contribution in [-0.4, -0.2) is 153 Å². The molecule has 41 heavy (non-hydrogen) atoms. The first-order chi connectivity index (χ1) is 19.5. The van der Waals surface area contributed by atoms with E-state index in [2.05, 4.69) is 0 Å². The van der Waals surface area contributed by atoms with Crippen LogP contribution in [0, 0.1) is 17.8 Å². The largest absolute Gasteiger partial charge is 0.394 e. The molecule has 1 unspecified atom stereocenters. The van der Waals surface area contributed by atoms with E-state index in [9.17, 15) is 40.9 Å². The van der Waals surface area contributed by atoms with Crippen LogP contribution in [0.4, 0.5) is 0 Å². The van der Waals surface area contributed by atoms with Gasteiger partial charge in [0.25, 0.3) is 0 Å². The molecule has 4 fully saturated rings. The normalized spacial score (nSPS) is 51.4. The van der Waals surface area contributed by atoms with Crippen LogP contribution >= 0.6 is 0 Å². The molecule has 0 amide bonds. The number of aliphatic hydroxyl groups excluding tert-OH is 8. The van der Waals surface area contributed by atoms with Crippen LogP contribution in [0.2, 0.25) is 0 Å². The van der Waals surface area contributed by atoms with Crippen LogP contribution in [0.25, 0.3) is 0 Å². The minimum absolute atomic E-state index is 0.00826. The first kappa shape index (κ1) is 33.3. The van der Waals surface area contributed by atoms with Gasteiger partial charge in [0, 0.05) is 18.3 Å².